The summed E-state index contributed by atoms with van der Waals surface area (Å²) in [5, 5.41) is 2.34. The summed E-state index contributed by atoms with van der Waals surface area (Å²) in [5.74, 6) is 1.79. The molecule has 0 atom stereocenters. The van der Waals surface area contributed by atoms with Crippen molar-refractivity contribution in [1.82, 2.24) is 0 Å². The van der Waals surface area contributed by atoms with Crippen LogP contribution < -0.4 is 19.1 Å². The van der Waals surface area contributed by atoms with Gasteiger partial charge in [0.05, 0.1) is 10.6 Å². The Hall–Kier alpha value is -3.81. The first-order chi connectivity index (χ1) is 17.2. The van der Waals surface area contributed by atoms with Crippen LogP contribution in [0.4, 0.5) is 5.69 Å². The van der Waals surface area contributed by atoms with Gasteiger partial charge in [-0.05, 0) is 40.6 Å². The lowest BCUT2D eigenvalue weighted by atomic mass is 10.1. The average molecular weight is 498 g/mol. The molecule has 0 saturated carbocycles. The predicted molar refractivity (Wildman–Crippen MR) is 143 cm³/mol. The quantitative estimate of drug-likeness (QED) is 0.230. The topological polar surface area (TPSA) is 48.0 Å². The number of carbonyl (C=O) groups is 1. The van der Waals surface area contributed by atoms with Crippen molar-refractivity contribution in [3.05, 3.63) is 101 Å². The van der Waals surface area contributed by atoms with E-state index in [2.05, 4.69) is 24.3 Å². The number of fused-ring (bicyclic) bond motifs is 2. The van der Waals surface area contributed by atoms with Gasteiger partial charge in [-0.1, -0.05) is 84.6 Å². The lowest BCUT2D eigenvalue weighted by Crippen LogP contribution is -2.27. The van der Waals surface area contributed by atoms with Gasteiger partial charge in [0.2, 0.25) is 6.79 Å². The molecule has 1 fully saturated rings. The summed E-state index contributed by atoms with van der Waals surface area (Å²) in [5.41, 5.74) is 2.58. The van der Waals surface area contributed by atoms with E-state index in [0.29, 0.717) is 38.8 Å². The maximum absolute atomic E-state index is 13.3. The lowest BCUT2D eigenvalue weighted by Gasteiger charge is -2.15. The van der Waals surface area contributed by atoms with Crippen molar-refractivity contribution in [2.75, 3.05) is 11.7 Å². The Morgan fingerprint density at radius 3 is 2.69 bits per heavy atom. The molecule has 172 valence electrons. The molecule has 2 aliphatic rings. The van der Waals surface area contributed by atoms with Gasteiger partial charge in [-0.25, -0.2) is 0 Å². The van der Waals surface area contributed by atoms with E-state index in [1.165, 1.54) is 22.0 Å². The minimum absolute atomic E-state index is 0.173. The van der Waals surface area contributed by atoms with E-state index in [0.717, 1.165) is 16.5 Å². The summed E-state index contributed by atoms with van der Waals surface area (Å²) in [6, 6.07) is 27.5. The molecule has 35 heavy (non-hydrogen) atoms. The second kappa shape index (κ2) is 9.09. The van der Waals surface area contributed by atoms with Gasteiger partial charge in [0.15, 0.2) is 15.8 Å². The minimum atomic E-state index is -0.178. The van der Waals surface area contributed by atoms with Gasteiger partial charge in [-0.3, -0.25) is 9.69 Å². The van der Waals surface area contributed by atoms with E-state index in [1.54, 1.807) is 12.1 Å². The Kier molecular flexibility index (Phi) is 5.64. The maximum atomic E-state index is 13.3. The number of amides is 1. The highest BCUT2D eigenvalue weighted by atomic mass is 32.2. The number of para-hydroxylation sites is 1. The number of rotatable bonds is 5. The Labute approximate surface area is 211 Å². The van der Waals surface area contributed by atoms with Crippen LogP contribution in [0.3, 0.4) is 0 Å². The van der Waals surface area contributed by atoms with Crippen LogP contribution in [0.25, 0.3) is 16.8 Å². The van der Waals surface area contributed by atoms with E-state index in [1.807, 2.05) is 54.6 Å². The molecule has 0 N–H and O–H groups in total. The molecule has 1 saturated heterocycles. The fourth-order valence-electron chi connectivity index (χ4n) is 4.16. The number of hydrogen-bond acceptors (Lipinski definition) is 6. The van der Waals surface area contributed by atoms with Gasteiger partial charge in [-0.2, -0.15) is 0 Å². The van der Waals surface area contributed by atoms with Crippen LogP contribution in [-0.4, -0.2) is 17.0 Å². The summed E-state index contributed by atoms with van der Waals surface area (Å²) < 4.78 is 17.5. The molecule has 0 unspecified atom stereocenters. The summed E-state index contributed by atoms with van der Waals surface area (Å²) in [6.07, 6.45) is 1.84. The molecular formula is C28H19NO4S2. The van der Waals surface area contributed by atoms with Crippen LogP contribution >= 0.6 is 24.0 Å². The van der Waals surface area contributed by atoms with Gasteiger partial charge in [0, 0.05) is 11.6 Å². The first kappa shape index (κ1) is 21.7. The molecule has 0 bridgehead atoms. The monoisotopic (exact) mass is 497 g/mol. The van der Waals surface area contributed by atoms with Crippen molar-refractivity contribution in [1.29, 1.82) is 0 Å². The largest absolute Gasteiger partial charge is 0.488 e. The van der Waals surface area contributed by atoms with Gasteiger partial charge in [0.1, 0.15) is 12.4 Å². The molecule has 4 aromatic rings. The molecule has 0 spiro atoms. The van der Waals surface area contributed by atoms with Crippen molar-refractivity contribution in [3.8, 4) is 17.2 Å². The lowest BCUT2D eigenvalue weighted by molar-refractivity contribution is -0.113. The number of hydrogen-bond donors (Lipinski definition) is 0. The molecule has 1 amide bonds. The van der Waals surface area contributed by atoms with Crippen molar-refractivity contribution >= 4 is 56.7 Å². The summed E-state index contributed by atoms with van der Waals surface area (Å²) >= 11 is 6.81. The van der Waals surface area contributed by atoms with Gasteiger partial charge in [0.25, 0.3) is 5.91 Å². The zero-order chi connectivity index (χ0) is 23.8. The second-order valence-electron chi connectivity index (χ2n) is 8.02. The van der Waals surface area contributed by atoms with Crippen LogP contribution in [0, 0.1) is 0 Å². The Morgan fingerprint density at radius 2 is 1.74 bits per heavy atom. The molecule has 4 aromatic carbocycles. The van der Waals surface area contributed by atoms with Crippen LogP contribution in [0.2, 0.25) is 0 Å². The van der Waals surface area contributed by atoms with Crippen LogP contribution in [0.5, 0.6) is 17.2 Å². The maximum Gasteiger partial charge on any atom is 0.270 e. The molecule has 0 aliphatic carbocycles. The van der Waals surface area contributed by atoms with Crippen LogP contribution in [-0.2, 0) is 11.4 Å². The number of nitrogens with zero attached hydrogens (tertiary/aromatic N) is 1. The third-order valence-corrected chi connectivity index (χ3v) is 7.18. The molecule has 7 heteroatoms. The average Bonchev–Trinajstić information content (AvgIpc) is 3.46. The van der Waals surface area contributed by atoms with Crippen molar-refractivity contribution in [2.45, 2.75) is 6.61 Å². The molecule has 0 aromatic heterocycles. The first-order valence-electron chi connectivity index (χ1n) is 11.0. The summed E-state index contributed by atoms with van der Waals surface area (Å²) in [6.45, 7) is 0.594. The van der Waals surface area contributed by atoms with E-state index < -0.39 is 0 Å². The molecule has 0 radical (unpaired) electrons. The zero-order valence-corrected chi connectivity index (χ0v) is 20.1. The number of benzene rings is 4. The molecule has 5 nitrogen and oxygen atoms in total. The van der Waals surface area contributed by atoms with Gasteiger partial charge < -0.3 is 14.2 Å². The van der Waals surface area contributed by atoms with E-state index in [4.69, 9.17) is 26.4 Å². The van der Waals surface area contributed by atoms with Gasteiger partial charge >= 0.3 is 0 Å². The highest BCUT2D eigenvalue weighted by molar-refractivity contribution is 8.27. The van der Waals surface area contributed by atoms with E-state index in [-0.39, 0.29) is 12.7 Å². The number of thioether (sulfide) groups is 1. The van der Waals surface area contributed by atoms with E-state index in [9.17, 15) is 4.79 Å². The summed E-state index contributed by atoms with van der Waals surface area (Å²) in [7, 11) is 0. The van der Waals surface area contributed by atoms with Gasteiger partial charge in [-0.15, -0.1) is 0 Å². The molecule has 6 rings (SSSR count). The fraction of sp³-hybridized carbons (Fsp3) is 0.0714. The number of ether oxygens (including phenoxy) is 3. The Morgan fingerprint density at radius 1 is 0.943 bits per heavy atom. The minimum Gasteiger partial charge on any atom is -0.488 e. The highest BCUT2D eigenvalue weighted by Crippen LogP contribution is 2.41. The Balaban J connectivity index is 1.26. The summed E-state index contributed by atoms with van der Waals surface area (Å²) in [4.78, 5) is 15.4. The zero-order valence-electron chi connectivity index (χ0n) is 18.5. The smallest absolute Gasteiger partial charge is 0.270 e. The SMILES string of the molecule is O=C1/C(=C/c2ccccc2OCc2cccc3ccccc23)SC(=S)N1c1ccc2c(c1)OCO2. The van der Waals surface area contributed by atoms with Crippen molar-refractivity contribution < 1.29 is 19.0 Å². The second-order valence-corrected chi connectivity index (χ2v) is 9.70. The van der Waals surface area contributed by atoms with E-state index >= 15 is 0 Å². The molecule has 2 aliphatic heterocycles. The standard InChI is InChI=1S/C28H19NO4S2/c30-27-26(35-28(34)29(27)21-12-13-24-25(15-21)33-17-32-24)14-19-7-2-4-11-23(19)31-16-20-9-5-8-18-6-1-3-10-22(18)20/h1-15H,16-17H2/b26-14-. The number of thiocarbonyl (C=S) groups is 1. The molecular weight excluding hydrogens is 478 g/mol. The third kappa shape index (κ3) is 4.13. The predicted octanol–water partition coefficient (Wildman–Crippen LogP) is 6.55. The molecule has 2 heterocycles. The highest BCUT2D eigenvalue weighted by Gasteiger charge is 2.34. The number of carbonyl (C=O) groups excluding carboxylic acids is 1. The normalized spacial score (nSPS) is 15.9. The first-order valence-corrected chi connectivity index (χ1v) is 12.3. The Bertz CT molecular complexity index is 1510. The third-order valence-electron chi connectivity index (χ3n) is 5.88. The van der Waals surface area contributed by atoms with Crippen LogP contribution in [0.1, 0.15) is 11.1 Å². The van der Waals surface area contributed by atoms with Crippen molar-refractivity contribution in [3.63, 3.8) is 0 Å². The number of anilines is 1. The fourth-order valence-corrected chi connectivity index (χ4v) is 5.45. The van der Waals surface area contributed by atoms with Crippen LogP contribution in [0.15, 0.2) is 89.8 Å². The van der Waals surface area contributed by atoms with Crippen molar-refractivity contribution in [2.24, 2.45) is 0 Å².